The predicted octanol–water partition coefficient (Wildman–Crippen LogP) is 2.39. The summed E-state index contributed by atoms with van der Waals surface area (Å²) in [5.41, 5.74) is 3.11. The zero-order chi connectivity index (χ0) is 12.3. The molecular weight excluding hydrogens is 208 g/mol. The molecule has 1 fully saturated rings. The van der Waals surface area contributed by atoms with E-state index in [2.05, 4.69) is 55.3 Å². The molecule has 0 unspecified atom stereocenters. The second-order valence-corrected chi connectivity index (χ2v) is 5.97. The summed E-state index contributed by atoms with van der Waals surface area (Å²) in [5, 5.41) is 3.39. The van der Waals surface area contributed by atoms with Gasteiger partial charge in [0.15, 0.2) is 0 Å². The first-order chi connectivity index (χ1) is 8.05. The standard InChI is InChI=1S/C15H24N2/c1-15(2,3)14-6-4-13(5-7-14)12-17-10-8-16-9-11-17/h4-7,16H,8-12H2,1-3H3. The van der Waals surface area contributed by atoms with Gasteiger partial charge >= 0.3 is 0 Å². The highest BCUT2D eigenvalue weighted by Gasteiger charge is 2.14. The molecule has 0 saturated carbocycles. The highest BCUT2D eigenvalue weighted by Crippen LogP contribution is 2.22. The third kappa shape index (κ3) is 3.55. The molecule has 1 aliphatic rings. The first-order valence-corrected chi connectivity index (χ1v) is 6.58. The molecule has 1 heterocycles. The van der Waals surface area contributed by atoms with Crippen LogP contribution in [0.4, 0.5) is 0 Å². The van der Waals surface area contributed by atoms with Crippen molar-refractivity contribution in [3.8, 4) is 0 Å². The normalized spacial score (nSPS) is 18.3. The Labute approximate surface area is 105 Å². The van der Waals surface area contributed by atoms with Crippen LogP contribution in [-0.4, -0.2) is 31.1 Å². The van der Waals surface area contributed by atoms with Gasteiger partial charge in [-0.15, -0.1) is 0 Å². The first kappa shape index (κ1) is 12.6. The Morgan fingerprint density at radius 1 is 1.06 bits per heavy atom. The Morgan fingerprint density at radius 2 is 1.65 bits per heavy atom. The summed E-state index contributed by atoms with van der Waals surface area (Å²) in [4.78, 5) is 2.52. The van der Waals surface area contributed by atoms with Crippen LogP contribution in [0.5, 0.6) is 0 Å². The summed E-state index contributed by atoms with van der Waals surface area (Å²) in [7, 11) is 0. The van der Waals surface area contributed by atoms with Crippen molar-refractivity contribution in [3.63, 3.8) is 0 Å². The van der Waals surface area contributed by atoms with E-state index in [4.69, 9.17) is 0 Å². The Morgan fingerprint density at radius 3 is 2.18 bits per heavy atom. The fourth-order valence-electron chi connectivity index (χ4n) is 2.24. The average molecular weight is 232 g/mol. The summed E-state index contributed by atoms with van der Waals surface area (Å²) in [6.45, 7) is 12.5. The highest BCUT2D eigenvalue weighted by molar-refractivity contribution is 5.27. The number of nitrogens with zero attached hydrogens (tertiary/aromatic N) is 1. The minimum atomic E-state index is 0.258. The number of hydrogen-bond donors (Lipinski definition) is 1. The lowest BCUT2D eigenvalue weighted by molar-refractivity contribution is 0.233. The lowest BCUT2D eigenvalue weighted by atomic mass is 9.87. The number of piperazine rings is 1. The zero-order valence-corrected chi connectivity index (χ0v) is 11.3. The molecule has 1 saturated heterocycles. The van der Waals surface area contributed by atoms with Gasteiger partial charge in [0.1, 0.15) is 0 Å². The van der Waals surface area contributed by atoms with E-state index in [0.717, 1.165) is 19.6 Å². The maximum absolute atomic E-state index is 3.39. The maximum Gasteiger partial charge on any atom is 0.0234 e. The van der Waals surface area contributed by atoms with E-state index in [1.807, 2.05) is 0 Å². The van der Waals surface area contributed by atoms with Crippen LogP contribution in [0.1, 0.15) is 31.9 Å². The quantitative estimate of drug-likeness (QED) is 0.842. The minimum Gasteiger partial charge on any atom is -0.314 e. The third-order valence-corrected chi connectivity index (χ3v) is 3.44. The smallest absolute Gasteiger partial charge is 0.0234 e. The topological polar surface area (TPSA) is 15.3 Å². The zero-order valence-electron chi connectivity index (χ0n) is 11.3. The largest absolute Gasteiger partial charge is 0.314 e. The molecule has 94 valence electrons. The molecule has 0 spiro atoms. The number of nitrogens with one attached hydrogen (secondary N) is 1. The van der Waals surface area contributed by atoms with E-state index in [1.165, 1.54) is 24.2 Å². The van der Waals surface area contributed by atoms with Crippen LogP contribution in [0.15, 0.2) is 24.3 Å². The van der Waals surface area contributed by atoms with Crippen LogP contribution in [0.25, 0.3) is 0 Å². The monoisotopic (exact) mass is 232 g/mol. The van der Waals surface area contributed by atoms with Crippen LogP contribution in [-0.2, 0) is 12.0 Å². The molecule has 0 radical (unpaired) electrons. The Hall–Kier alpha value is -0.860. The molecule has 0 bridgehead atoms. The molecule has 1 aromatic rings. The Balaban J connectivity index is 1.98. The average Bonchev–Trinajstić information content (AvgIpc) is 2.30. The van der Waals surface area contributed by atoms with Crippen LogP contribution >= 0.6 is 0 Å². The van der Waals surface area contributed by atoms with Crippen molar-refractivity contribution in [1.29, 1.82) is 0 Å². The fraction of sp³-hybridized carbons (Fsp3) is 0.600. The maximum atomic E-state index is 3.39. The van der Waals surface area contributed by atoms with Gasteiger partial charge in [0.05, 0.1) is 0 Å². The lowest BCUT2D eigenvalue weighted by Crippen LogP contribution is -2.42. The minimum absolute atomic E-state index is 0.258. The van der Waals surface area contributed by atoms with E-state index in [0.29, 0.717) is 0 Å². The van der Waals surface area contributed by atoms with Crippen molar-refractivity contribution >= 4 is 0 Å². The van der Waals surface area contributed by atoms with Gasteiger partial charge < -0.3 is 5.32 Å². The Kier molecular flexibility index (Phi) is 3.85. The Bertz CT molecular complexity index is 342. The molecule has 1 aliphatic heterocycles. The molecule has 0 atom stereocenters. The molecule has 0 aromatic heterocycles. The van der Waals surface area contributed by atoms with Crippen molar-refractivity contribution in [2.24, 2.45) is 0 Å². The summed E-state index contributed by atoms with van der Waals surface area (Å²) >= 11 is 0. The van der Waals surface area contributed by atoms with E-state index in [-0.39, 0.29) is 5.41 Å². The molecular formula is C15H24N2. The second-order valence-electron chi connectivity index (χ2n) is 5.97. The molecule has 0 amide bonds. The van der Waals surface area contributed by atoms with Gasteiger partial charge in [0.2, 0.25) is 0 Å². The van der Waals surface area contributed by atoms with Gasteiger partial charge in [-0.25, -0.2) is 0 Å². The van der Waals surface area contributed by atoms with Crippen LogP contribution in [0.3, 0.4) is 0 Å². The van der Waals surface area contributed by atoms with Crippen molar-refractivity contribution in [1.82, 2.24) is 10.2 Å². The van der Waals surface area contributed by atoms with Gasteiger partial charge in [-0.3, -0.25) is 4.90 Å². The predicted molar refractivity (Wildman–Crippen MR) is 73.3 cm³/mol. The molecule has 2 rings (SSSR count). The molecule has 17 heavy (non-hydrogen) atoms. The molecule has 2 heteroatoms. The van der Waals surface area contributed by atoms with Gasteiger partial charge in [-0.05, 0) is 16.5 Å². The fourth-order valence-corrected chi connectivity index (χ4v) is 2.24. The van der Waals surface area contributed by atoms with Crippen LogP contribution in [0, 0.1) is 0 Å². The SMILES string of the molecule is CC(C)(C)c1ccc(CN2CCNCC2)cc1. The van der Waals surface area contributed by atoms with E-state index in [1.54, 1.807) is 0 Å². The van der Waals surface area contributed by atoms with Crippen LogP contribution in [0.2, 0.25) is 0 Å². The van der Waals surface area contributed by atoms with Crippen LogP contribution < -0.4 is 5.32 Å². The number of hydrogen-bond acceptors (Lipinski definition) is 2. The van der Waals surface area contributed by atoms with Crippen molar-refractivity contribution in [3.05, 3.63) is 35.4 Å². The van der Waals surface area contributed by atoms with Crippen molar-refractivity contribution in [2.45, 2.75) is 32.7 Å². The number of rotatable bonds is 2. The van der Waals surface area contributed by atoms with Gasteiger partial charge in [0.25, 0.3) is 0 Å². The lowest BCUT2D eigenvalue weighted by Gasteiger charge is -2.27. The van der Waals surface area contributed by atoms with Gasteiger partial charge in [-0.1, -0.05) is 45.0 Å². The van der Waals surface area contributed by atoms with Gasteiger partial charge in [0, 0.05) is 32.7 Å². The van der Waals surface area contributed by atoms with E-state index < -0.39 is 0 Å². The highest BCUT2D eigenvalue weighted by atomic mass is 15.2. The van der Waals surface area contributed by atoms with E-state index in [9.17, 15) is 0 Å². The number of benzene rings is 1. The summed E-state index contributed by atoms with van der Waals surface area (Å²) in [5.74, 6) is 0. The summed E-state index contributed by atoms with van der Waals surface area (Å²) in [6, 6.07) is 9.11. The molecule has 0 aliphatic carbocycles. The van der Waals surface area contributed by atoms with E-state index >= 15 is 0 Å². The summed E-state index contributed by atoms with van der Waals surface area (Å²) in [6.07, 6.45) is 0. The van der Waals surface area contributed by atoms with Crippen molar-refractivity contribution in [2.75, 3.05) is 26.2 Å². The molecule has 2 nitrogen and oxygen atoms in total. The van der Waals surface area contributed by atoms with Gasteiger partial charge in [-0.2, -0.15) is 0 Å². The first-order valence-electron chi connectivity index (χ1n) is 6.58. The molecule has 1 N–H and O–H groups in total. The third-order valence-electron chi connectivity index (χ3n) is 3.44. The second kappa shape index (κ2) is 5.19. The summed E-state index contributed by atoms with van der Waals surface area (Å²) < 4.78 is 0. The molecule has 1 aromatic carbocycles. The van der Waals surface area contributed by atoms with Crippen molar-refractivity contribution < 1.29 is 0 Å².